The highest BCUT2D eigenvalue weighted by Crippen LogP contribution is 2.27. The van der Waals surface area contributed by atoms with Crippen molar-refractivity contribution < 1.29 is 4.74 Å². The Labute approximate surface area is 118 Å². The minimum atomic E-state index is -0.370. The van der Waals surface area contributed by atoms with E-state index in [1.54, 1.807) is 21.5 Å². The SMILES string of the molecule is O=c1c(=O)n(C2CCCC2)ccn1CC1CCOCC1. The molecule has 1 saturated heterocycles. The first-order valence-electron chi connectivity index (χ1n) is 7.65. The Morgan fingerprint density at radius 3 is 2.40 bits per heavy atom. The normalized spacial score (nSPS) is 21.4. The predicted octanol–water partition coefficient (Wildman–Crippen LogP) is 1.55. The highest BCUT2D eigenvalue weighted by atomic mass is 16.5. The molecule has 0 radical (unpaired) electrons. The molecule has 2 fully saturated rings. The Morgan fingerprint density at radius 1 is 1.00 bits per heavy atom. The Bertz CT molecular complexity index is 563. The van der Waals surface area contributed by atoms with E-state index in [0.29, 0.717) is 12.5 Å². The van der Waals surface area contributed by atoms with Gasteiger partial charge < -0.3 is 13.9 Å². The number of hydrogen-bond donors (Lipinski definition) is 0. The molecule has 0 N–H and O–H groups in total. The van der Waals surface area contributed by atoms with Gasteiger partial charge in [0, 0.05) is 38.2 Å². The van der Waals surface area contributed by atoms with Crippen LogP contribution in [0.3, 0.4) is 0 Å². The summed E-state index contributed by atoms with van der Waals surface area (Å²) in [5, 5.41) is 0. The quantitative estimate of drug-likeness (QED) is 0.788. The largest absolute Gasteiger partial charge is 0.381 e. The lowest BCUT2D eigenvalue weighted by molar-refractivity contribution is 0.0608. The smallest absolute Gasteiger partial charge is 0.316 e. The van der Waals surface area contributed by atoms with Crippen LogP contribution in [0.15, 0.2) is 22.0 Å². The lowest BCUT2D eigenvalue weighted by Gasteiger charge is -2.23. The number of hydrogen-bond acceptors (Lipinski definition) is 3. The van der Waals surface area contributed by atoms with Gasteiger partial charge in [-0.1, -0.05) is 12.8 Å². The zero-order valence-electron chi connectivity index (χ0n) is 11.8. The fraction of sp³-hybridized carbons (Fsp3) is 0.733. The molecule has 2 aliphatic rings. The Kier molecular flexibility index (Phi) is 4.05. The first kappa shape index (κ1) is 13.6. The fourth-order valence-electron chi connectivity index (χ4n) is 3.34. The summed E-state index contributed by atoms with van der Waals surface area (Å²) >= 11 is 0. The molecule has 20 heavy (non-hydrogen) atoms. The summed E-state index contributed by atoms with van der Waals surface area (Å²) in [4.78, 5) is 24.4. The molecular formula is C15H22N2O3. The zero-order chi connectivity index (χ0) is 13.9. The van der Waals surface area contributed by atoms with Crippen LogP contribution in [0, 0.1) is 5.92 Å². The van der Waals surface area contributed by atoms with Crippen molar-refractivity contribution in [1.82, 2.24) is 9.13 Å². The van der Waals surface area contributed by atoms with Crippen LogP contribution in [0.2, 0.25) is 0 Å². The van der Waals surface area contributed by atoms with Gasteiger partial charge in [0.15, 0.2) is 0 Å². The topological polar surface area (TPSA) is 53.2 Å². The van der Waals surface area contributed by atoms with Crippen molar-refractivity contribution in [1.29, 1.82) is 0 Å². The molecule has 0 unspecified atom stereocenters. The molecular weight excluding hydrogens is 256 g/mol. The molecule has 110 valence electrons. The number of ether oxygens (including phenoxy) is 1. The number of aromatic nitrogens is 2. The van der Waals surface area contributed by atoms with E-state index in [1.165, 1.54) is 0 Å². The van der Waals surface area contributed by atoms with E-state index in [9.17, 15) is 9.59 Å². The third-order valence-electron chi connectivity index (χ3n) is 4.60. The predicted molar refractivity (Wildman–Crippen MR) is 76.0 cm³/mol. The van der Waals surface area contributed by atoms with Crippen molar-refractivity contribution in [3.05, 3.63) is 33.1 Å². The third-order valence-corrected chi connectivity index (χ3v) is 4.60. The maximum atomic E-state index is 12.2. The average molecular weight is 278 g/mol. The molecule has 1 aliphatic carbocycles. The summed E-state index contributed by atoms with van der Waals surface area (Å²) in [7, 11) is 0. The zero-order valence-corrected chi connectivity index (χ0v) is 11.8. The van der Waals surface area contributed by atoms with Gasteiger partial charge >= 0.3 is 11.1 Å². The van der Waals surface area contributed by atoms with Crippen molar-refractivity contribution in [3.8, 4) is 0 Å². The van der Waals surface area contributed by atoms with E-state index in [2.05, 4.69) is 0 Å². The van der Waals surface area contributed by atoms with Crippen LogP contribution in [-0.4, -0.2) is 22.3 Å². The molecule has 5 heteroatoms. The highest BCUT2D eigenvalue weighted by molar-refractivity contribution is 4.91. The molecule has 1 aliphatic heterocycles. The molecule has 0 amide bonds. The van der Waals surface area contributed by atoms with E-state index >= 15 is 0 Å². The van der Waals surface area contributed by atoms with Crippen LogP contribution in [0.1, 0.15) is 44.6 Å². The average Bonchev–Trinajstić information content (AvgIpc) is 2.99. The molecule has 0 atom stereocenters. The molecule has 0 spiro atoms. The van der Waals surface area contributed by atoms with Crippen molar-refractivity contribution >= 4 is 0 Å². The van der Waals surface area contributed by atoms with Gasteiger partial charge in [0.05, 0.1) is 0 Å². The summed E-state index contributed by atoms with van der Waals surface area (Å²) in [6.07, 6.45) is 9.88. The molecule has 1 aromatic rings. The summed E-state index contributed by atoms with van der Waals surface area (Å²) < 4.78 is 8.56. The van der Waals surface area contributed by atoms with Gasteiger partial charge in [-0.05, 0) is 31.6 Å². The molecule has 0 aromatic carbocycles. The van der Waals surface area contributed by atoms with Crippen molar-refractivity contribution in [2.24, 2.45) is 5.92 Å². The van der Waals surface area contributed by atoms with Gasteiger partial charge in [0.1, 0.15) is 0 Å². The standard InChI is InChI=1S/C15H22N2O3/c18-14-15(19)17(13-3-1-2-4-13)8-7-16(14)11-12-5-9-20-10-6-12/h7-8,12-13H,1-6,9-11H2. The Morgan fingerprint density at radius 2 is 1.70 bits per heavy atom. The lowest BCUT2D eigenvalue weighted by atomic mass is 10.0. The summed E-state index contributed by atoms with van der Waals surface area (Å²) in [5.41, 5.74) is -0.725. The fourth-order valence-corrected chi connectivity index (χ4v) is 3.34. The second kappa shape index (κ2) is 5.95. The van der Waals surface area contributed by atoms with Crippen molar-refractivity contribution in [3.63, 3.8) is 0 Å². The van der Waals surface area contributed by atoms with Crippen LogP contribution in [0.5, 0.6) is 0 Å². The van der Waals surface area contributed by atoms with Gasteiger partial charge in [-0.2, -0.15) is 0 Å². The summed E-state index contributed by atoms with van der Waals surface area (Å²) in [6, 6.07) is 0.230. The van der Waals surface area contributed by atoms with Gasteiger partial charge in [-0.25, -0.2) is 0 Å². The second-order valence-corrected chi connectivity index (χ2v) is 5.96. The Balaban J connectivity index is 1.80. The molecule has 1 aromatic heterocycles. The maximum absolute atomic E-state index is 12.2. The van der Waals surface area contributed by atoms with Gasteiger partial charge in [0.25, 0.3) is 0 Å². The van der Waals surface area contributed by atoms with Gasteiger partial charge in [-0.3, -0.25) is 9.59 Å². The minimum Gasteiger partial charge on any atom is -0.381 e. The van der Waals surface area contributed by atoms with Gasteiger partial charge in [-0.15, -0.1) is 0 Å². The van der Waals surface area contributed by atoms with Crippen LogP contribution in [-0.2, 0) is 11.3 Å². The molecule has 1 saturated carbocycles. The van der Waals surface area contributed by atoms with E-state index < -0.39 is 0 Å². The van der Waals surface area contributed by atoms with Crippen LogP contribution in [0.25, 0.3) is 0 Å². The minimum absolute atomic E-state index is 0.230. The molecule has 2 heterocycles. The van der Waals surface area contributed by atoms with Crippen molar-refractivity contribution in [2.45, 2.75) is 51.1 Å². The van der Waals surface area contributed by atoms with E-state index in [0.717, 1.165) is 51.7 Å². The molecule has 5 nitrogen and oxygen atoms in total. The number of rotatable bonds is 3. The van der Waals surface area contributed by atoms with Crippen LogP contribution in [0.4, 0.5) is 0 Å². The second-order valence-electron chi connectivity index (χ2n) is 5.96. The van der Waals surface area contributed by atoms with E-state index in [4.69, 9.17) is 4.74 Å². The van der Waals surface area contributed by atoms with Crippen molar-refractivity contribution in [2.75, 3.05) is 13.2 Å². The van der Waals surface area contributed by atoms with Crippen LogP contribution >= 0.6 is 0 Å². The first-order valence-corrected chi connectivity index (χ1v) is 7.65. The molecule has 0 bridgehead atoms. The van der Waals surface area contributed by atoms with Gasteiger partial charge in [0.2, 0.25) is 0 Å². The first-order chi connectivity index (χ1) is 9.75. The van der Waals surface area contributed by atoms with Crippen LogP contribution < -0.4 is 11.1 Å². The lowest BCUT2D eigenvalue weighted by Crippen LogP contribution is -2.42. The highest BCUT2D eigenvalue weighted by Gasteiger charge is 2.20. The van der Waals surface area contributed by atoms with E-state index in [-0.39, 0.29) is 17.2 Å². The Hall–Kier alpha value is -1.36. The number of nitrogens with zero attached hydrogens (tertiary/aromatic N) is 2. The van der Waals surface area contributed by atoms with E-state index in [1.807, 2.05) is 0 Å². The monoisotopic (exact) mass is 278 g/mol. The molecule has 3 rings (SSSR count). The maximum Gasteiger partial charge on any atom is 0.316 e. The third kappa shape index (κ3) is 2.73. The summed E-state index contributed by atoms with van der Waals surface area (Å²) in [5.74, 6) is 0.447. The summed E-state index contributed by atoms with van der Waals surface area (Å²) in [6.45, 7) is 2.17.